The maximum Gasteiger partial charge on any atom is 0.274 e. The summed E-state index contributed by atoms with van der Waals surface area (Å²) in [6.07, 6.45) is 0.377. The third-order valence-corrected chi connectivity index (χ3v) is 5.91. The van der Waals surface area contributed by atoms with Crippen molar-refractivity contribution in [3.8, 4) is 5.75 Å². The van der Waals surface area contributed by atoms with Crippen molar-refractivity contribution in [1.82, 2.24) is 10.3 Å². The van der Waals surface area contributed by atoms with Gasteiger partial charge in [-0.3, -0.25) is 9.59 Å². The molecule has 142 valence electrons. The van der Waals surface area contributed by atoms with Gasteiger partial charge in [-0.1, -0.05) is 18.2 Å². The number of carbonyl (C=O) groups is 2. The summed E-state index contributed by atoms with van der Waals surface area (Å²) in [5.74, 6) is -0.511. The smallest absolute Gasteiger partial charge is 0.274 e. The summed E-state index contributed by atoms with van der Waals surface area (Å²) in [4.78, 5) is 28.9. The van der Waals surface area contributed by atoms with E-state index >= 15 is 0 Å². The van der Waals surface area contributed by atoms with Gasteiger partial charge in [0.1, 0.15) is 17.1 Å². The van der Waals surface area contributed by atoms with Crippen LogP contribution in [0, 0.1) is 0 Å². The number of para-hydroxylation sites is 2. The number of aromatic nitrogens is 1. The SMILES string of the molecule is COc1ccccc1NC(=O)c1cccc(C(=O)NC2CCS(=O)(=O)C2)n1. The Bertz CT molecular complexity index is 974. The standard InChI is InChI=1S/C18H19N3O5S/c1-26-16-8-3-2-5-13(16)21-18(23)15-7-4-6-14(20-15)17(22)19-12-9-10-27(24,25)11-12/h2-8,12H,9-11H2,1H3,(H,19,22)(H,21,23). The van der Waals surface area contributed by atoms with Gasteiger partial charge in [0.05, 0.1) is 24.3 Å². The van der Waals surface area contributed by atoms with Crippen molar-refractivity contribution in [2.45, 2.75) is 12.5 Å². The quantitative estimate of drug-likeness (QED) is 0.796. The van der Waals surface area contributed by atoms with Crippen molar-refractivity contribution in [3.63, 3.8) is 0 Å². The average molecular weight is 389 g/mol. The molecule has 1 unspecified atom stereocenters. The number of hydrogen-bond acceptors (Lipinski definition) is 6. The first kappa shape index (κ1) is 18.8. The third-order valence-electron chi connectivity index (χ3n) is 4.14. The van der Waals surface area contributed by atoms with Gasteiger partial charge in [0.25, 0.3) is 11.8 Å². The number of sulfone groups is 1. The maximum absolute atomic E-state index is 12.4. The predicted octanol–water partition coefficient (Wildman–Crippen LogP) is 1.26. The molecule has 2 heterocycles. The summed E-state index contributed by atoms with van der Waals surface area (Å²) in [5.41, 5.74) is 0.595. The van der Waals surface area contributed by atoms with E-state index in [-0.39, 0.29) is 22.9 Å². The molecular formula is C18H19N3O5S. The van der Waals surface area contributed by atoms with Crippen molar-refractivity contribution in [2.75, 3.05) is 23.9 Å². The van der Waals surface area contributed by atoms with E-state index in [4.69, 9.17) is 4.74 Å². The monoisotopic (exact) mass is 389 g/mol. The summed E-state index contributed by atoms with van der Waals surface area (Å²) in [5, 5.41) is 5.34. The average Bonchev–Trinajstić information content (AvgIpc) is 3.00. The molecule has 3 rings (SSSR count). The van der Waals surface area contributed by atoms with Gasteiger partial charge in [-0.25, -0.2) is 13.4 Å². The van der Waals surface area contributed by atoms with Crippen LogP contribution in [0.2, 0.25) is 0 Å². The van der Waals surface area contributed by atoms with E-state index in [1.54, 1.807) is 30.3 Å². The lowest BCUT2D eigenvalue weighted by Crippen LogP contribution is -2.36. The Labute approximate surface area is 156 Å². The van der Waals surface area contributed by atoms with Crippen molar-refractivity contribution in [3.05, 3.63) is 53.9 Å². The Balaban J connectivity index is 1.71. The molecule has 0 saturated carbocycles. The van der Waals surface area contributed by atoms with E-state index in [1.807, 2.05) is 0 Å². The molecule has 1 atom stereocenters. The Morgan fingerprint density at radius 3 is 2.44 bits per heavy atom. The second-order valence-corrected chi connectivity index (χ2v) is 8.36. The highest BCUT2D eigenvalue weighted by atomic mass is 32.2. The number of anilines is 1. The first-order valence-electron chi connectivity index (χ1n) is 8.31. The molecule has 1 aliphatic heterocycles. The summed E-state index contributed by atoms with van der Waals surface area (Å²) < 4.78 is 28.2. The summed E-state index contributed by atoms with van der Waals surface area (Å²) in [7, 11) is -1.60. The van der Waals surface area contributed by atoms with Crippen LogP contribution in [0.1, 0.15) is 27.4 Å². The molecule has 1 saturated heterocycles. The van der Waals surface area contributed by atoms with Gasteiger partial charge >= 0.3 is 0 Å². The van der Waals surface area contributed by atoms with Gasteiger partial charge in [0.2, 0.25) is 0 Å². The lowest BCUT2D eigenvalue weighted by molar-refractivity contribution is 0.0936. The minimum atomic E-state index is -3.10. The molecule has 9 heteroatoms. The largest absolute Gasteiger partial charge is 0.495 e. The zero-order valence-electron chi connectivity index (χ0n) is 14.6. The molecular weight excluding hydrogens is 370 g/mol. The molecule has 27 heavy (non-hydrogen) atoms. The minimum Gasteiger partial charge on any atom is -0.495 e. The highest BCUT2D eigenvalue weighted by Gasteiger charge is 2.29. The molecule has 1 aromatic heterocycles. The number of nitrogens with one attached hydrogen (secondary N) is 2. The number of pyridine rings is 1. The molecule has 1 aromatic carbocycles. The van der Waals surface area contributed by atoms with Crippen LogP contribution in [-0.2, 0) is 9.84 Å². The molecule has 0 radical (unpaired) electrons. The second-order valence-electron chi connectivity index (χ2n) is 6.14. The number of benzene rings is 1. The van der Waals surface area contributed by atoms with Crippen LogP contribution in [0.25, 0.3) is 0 Å². The lowest BCUT2D eigenvalue weighted by Gasteiger charge is -2.12. The fraction of sp³-hybridized carbons (Fsp3) is 0.278. The first-order chi connectivity index (χ1) is 12.9. The maximum atomic E-state index is 12.4. The number of nitrogens with zero attached hydrogens (tertiary/aromatic N) is 1. The molecule has 1 fully saturated rings. The van der Waals surface area contributed by atoms with Crippen LogP contribution in [0.4, 0.5) is 5.69 Å². The molecule has 2 aromatic rings. The van der Waals surface area contributed by atoms with Gasteiger partial charge in [-0.15, -0.1) is 0 Å². The van der Waals surface area contributed by atoms with E-state index in [1.165, 1.54) is 19.2 Å². The van der Waals surface area contributed by atoms with Gasteiger partial charge in [0.15, 0.2) is 9.84 Å². The Kier molecular flexibility index (Phi) is 5.41. The van der Waals surface area contributed by atoms with E-state index in [0.717, 1.165) is 0 Å². The van der Waals surface area contributed by atoms with Crippen molar-refractivity contribution in [2.24, 2.45) is 0 Å². The third kappa shape index (κ3) is 4.62. The molecule has 0 aliphatic carbocycles. The first-order valence-corrected chi connectivity index (χ1v) is 10.1. The van der Waals surface area contributed by atoms with Gasteiger partial charge in [-0.05, 0) is 30.7 Å². The Morgan fingerprint density at radius 2 is 1.78 bits per heavy atom. The van der Waals surface area contributed by atoms with E-state index in [9.17, 15) is 18.0 Å². The van der Waals surface area contributed by atoms with Crippen molar-refractivity contribution in [1.29, 1.82) is 0 Å². The molecule has 8 nitrogen and oxygen atoms in total. The number of hydrogen-bond donors (Lipinski definition) is 2. The number of ether oxygens (including phenoxy) is 1. The summed E-state index contributed by atoms with van der Waals surface area (Å²) in [6, 6.07) is 11.0. The topological polar surface area (TPSA) is 114 Å². The van der Waals surface area contributed by atoms with Gasteiger partial charge in [0, 0.05) is 6.04 Å². The van der Waals surface area contributed by atoms with Crippen LogP contribution in [0.3, 0.4) is 0 Å². The number of methoxy groups -OCH3 is 1. The van der Waals surface area contributed by atoms with Gasteiger partial charge in [-0.2, -0.15) is 0 Å². The zero-order chi connectivity index (χ0) is 19.4. The fourth-order valence-corrected chi connectivity index (χ4v) is 4.46. The van der Waals surface area contributed by atoms with Crippen LogP contribution < -0.4 is 15.4 Å². The number of carbonyl (C=O) groups excluding carboxylic acids is 2. The molecule has 0 spiro atoms. The highest BCUT2D eigenvalue weighted by Crippen LogP contribution is 2.23. The summed E-state index contributed by atoms with van der Waals surface area (Å²) >= 11 is 0. The van der Waals surface area contributed by atoms with Gasteiger partial charge < -0.3 is 15.4 Å². The molecule has 2 amide bonds. The Morgan fingerprint density at radius 1 is 1.07 bits per heavy atom. The van der Waals surface area contributed by atoms with Crippen LogP contribution in [0.15, 0.2) is 42.5 Å². The van der Waals surface area contributed by atoms with Crippen LogP contribution >= 0.6 is 0 Å². The molecule has 1 aliphatic rings. The fourth-order valence-electron chi connectivity index (χ4n) is 2.79. The van der Waals surface area contributed by atoms with E-state index in [0.29, 0.717) is 17.9 Å². The predicted molar refractivity (Wildman–Crippen MR) is 99.7 cm³/mol. The van der Waals surface area contributed by atoms with Crippen molar-refractivity contribution >= 4 is 27.3 Å². The number of rotatable bonds is 5. The Hall–Kier alpha value is -2.94. The lowest BCUT2D eigenvalue weighted by atomic mass is 10.2. The summed E-state index contributed by atoms with van der Waals surface area (Å²) in [6.45, 7) is 0. The van der Waals surface area contributed by atoms with Crippen LogP contribution in [0.5, 0.6) is 5.75 Å². The normalized spacial score (nSPS) is 17.9. The van der Waals surface area contributed by atoms with E-state index < -0.39 is 27.7 Å². The van der Waals surface area contributed by atoms with Crippen LogP contribution in [-0.4, -0.2) is 49.9 Å². The molecule has 0 bridgehead atoms. The second kappa shape index (κ2) is 7.75. The minimum absolute atomic E-state index is 0.0481. The zero-order valence-corrected chi connectivity index (χ0v) is 15.5. The van der Waals surface area contributed by atoms with E-state index in [2.05, 4.69) is 15.6 Å². The number of amides is 2. The molecule has 2 N–H and O–H groups in total. The highest BCUT2D eigenvalue weighted by molar-refractivity contribution is 7.91. The van der Waals surface area contributed by atoms with Crippen molar-refractivity contribution < 1.29 is 22.7 Å².